The maximum Gasteiger partial charge on any atom is 0.350 e. The number of nitrogens with zero attached hydrogens (tertiary/aromatic N) is 3. The van der Waals surface area contributed by atoms with Gasteiger partial charge in [0.1, 0.15) is 5.52 Å². The highest BCUT2D eigenvalue weighted by atomic mass is 16.5. The van der Waals surface area contributed by atoms with Gasteiger partial charge in [-0.2, -0.15) is 4.68 Å². The summed E-state index contributed by atoms with van der Waals surface area (Å²) in [5.74, 6) is 6.61. The molecule has 2 aromatic rings. The Morgan fingerprint density at radius 3 is 2.66 bits per heavy atom. The second-order valence-corrected chi connectivity index (χ2v) is 7.89. The van der Waals surface area contributed by atoms with Gasteiger partial charge in [-0.3, -0.25) is 9.36 Å². The molecule has 0 unspecified atom stereocenters. The van der Waals surface area contributed by atoms with E-state index in [2.05, 4.69) is 4.90 Å². The van der Waals surface area contributed by atoms with E-state index in [1.165, 1.54) is 0 Å². The van der Waals surface area contributed by atoms with Gasteiger partial charge in [-0.1, -0.05) is 0 Å². The van der Waals surface area contributed by atoms with Crippen LogP contribution < -0.4 is 32.5 Å². The second kappa shape index (κ2) is 7.72. The normalized spacial score (nSPS) is 20.4. The van der Waals surface area contributed by atoms with Crippen molar-refractivity contribution in [2.75, 3.05) is 44.2 Å². The van der Waals surface area contributed by atoms with E-state index in [0.717, 1.165) is 38.0 Å². The van der Waals surface area contributed by atoms with Crippen LogP contribution in [0.15, 0.2) is 21.7 Å². The third-order valence-corrected chi connectivity index (χ3v) is 6.01. The summed E-state index contributed by atoms with van der Waals surface area (Å²) in [5.41, 5.74) is 6.70. The average Bonchev–Trinajstić information content (AvgIpc) is 3.44. The van der Waals surface area contributed by atoms with E-state index in [4.69, 9.17) is 21.1 Å². The van der Waals surface area contributed by atoms with Crippen LogP contribution in [0.2, 0.25) is 0 Å². The van der Waals surface area contributed by atoms with Gasteiger partial charge in [0.2, 0.25) is 0 Å². The van der Waals surface area contributed by atoms with Gasteiger partial charge in [0.25, 0.3) is 5.56 Å². The summed E-state index contributed by atoms with van der Waals surface area (Å²) in [7, 11) is 1.57. The van der Waals surface area contributed by atoms with E-state index >= 15 is 0 Å². The second-order valence-electron chi connectivity index (χ2n) is 7.89. The lowest BCUT2D eigenvalue weighted by molar-refractivity contribution is 0.119. The molecule has 0 amide bonds. The Balaban J connectivity index is 1.77. The van der Waals surface area contributed by atoms with E-state index < -0.39 is 11.2 Å². The predicted octanol–water partition coefficient (Wildman–Crippen LogP) is 0.411. The fourth-order valence-electron chi connectivity index (χ4n) is 4.27. The Labute approximate surface area is 168 Å². The lowest BCUT2D eigenvalue weighted by Gasteiger charge is -2.25. The van der Waals surface area contributed by atoms with Crippen LogP contribution in [-0.2, 0) is 4.74 Å². The Hall–Kier alpha value is -2.52. The summed E-state index contributed by atoms with van der Waals surface area (Å²) in [6, 6.07) is 3.64. The van der Waals surface area contributed by atoms with Crippen molar-refractivity contribution in [3.63, 3.8) is 0 Å². The van der Waals surface area contributed by atoms with Crippen molar-refractivity contribution < 1.29 is 9.47 Å². The zero-order valence-corrected chi connectivity index (χ0v) is 17.0. The van der Waals surface area contributed by atoms with Crippen molar-refractivity contribution in [1.29, 1.82) is 0 Å². The third-order valence-electron chi connectivity index (χ3n) is 6.01. The topological polar surface area (TPSA) is 118 Å². The Bertz CT molecular complexity index is 1030. The fraction of sp³-hybridized carbons (Fsp3) is 0.600. The third kappa shape index (κ3) is 3.38. The SMILES string of the molecule is CCOC[C@H](N)[C@H]1CCN(c2ccc3c(=O)n(N)c(=O)n(C4CC4)c3c2OC)C1. The van der Waals surface area contributed by atoms with E-state index in [1.54, 1.807) is 17.7 Å². The molecular formula is C20H29N5O4. The molecule has 2 fully saturated rings. The molecule has 4 N–H and O–H groups in total. The highest BCUT2D eigenvalue weighted by Gasteiger charge is 2.33. The summed E-state index contributed by atoms with van der Waals surface area (Å²) < 4.78 is 13.5. The fourth-order valence-corrected chi connectivity index (χ4v) is 4.27. The quantitative estimate of drug-likeness (QED) is 0.643. The first-order valence-electron chi connectivity index (χ1n) is 10.2. The minimum Gasteiger partial charge on any atom is -0.492 e. The van der Waals surface area contributed by atoms with E-state index in [0.29, 0.717) is 40.5 Å². The van der Waals surface area contributed by atoms with Gasteiger partial charge >= 0.3 is 5.69 Å². The number of nitrogen functional groups attached to an aromatic ring is 1. The molecule has 9 heteroatoms. The largest absolute Gasteiger partial charge is 0.492 e. The molecule has 2 atom stereocenters. The van der Waals surface area contributed by atoms with Gasteiger partial charge in [0.05, 0.1) is 24.8 Å². The Morgan fingerprint density at radius 2 is 2.00 bits per heavy atom. The number of anilines is 1. The zero-order chi connectivity index (χ0) is 20.7. The standard InChI is InChI=1S/C20H29N5O4/c1-3-29-11-15(21)12-8-9-23(10-12)16-7-6-14-17(18(16)28-2)24(13-4-5-13)20(27)25(22)19(14)26/h6-7,12-13,15H,3-5,8-11,21-22H2,1-2H3/t12-,15-/m0/s1. The van der Waals surface area contributed by atoms with Gasteiger partial charge in [0.15, 0.2) is 5.75 Å². The number of methoxy groups -OCH3 is 1. The van der Waals surface area contributed by atoms with Crippen LogP contribution in [0.3, 0.4) is 0 Å². The number of aromatic nitrogens is 2. The molecule has 1 saturated heterocycles. The molecule has 1 aliphatic heterocycles. The van der Waals surface area contributed by atoms with Crippen molar-refractivity contribution in [3.8, 4) is 5.75 Å². The molecular weight excluding hydrogens is 374 g/mol. The number of hydrogen-bond acceptors (Lipinski definition) is 7. The van der Waals surface area contributed by atoms with Crippen molar-refractivity contribution in [2.45, 2.75) is 38.3 Å². The molecule has 29 heavy (non-hydrogen) atoms. The van der Waals surface area contributed by atoms with Gasteiger partial charge in [-0.15, -0.1) is 0 Å². The zero-order valence-electron chi connectivity index (χ0n) is 17.0. The molecule has 1 aromatic carbocycles. The summed E-state index contributed by atoms with van der Waals surface area (Å²) in [6.07, 6.45) is 2.73. The molecule has 1 aromatic heterocycles. The first kappa shape index (κ1) is 19.8. The lowest BCUT2D eigenvalue weighted by Crippen LogP contribution is -2.44. The monoisotopic (exact) mass is 403 g/mol. The van der Waals surface area contributed by atoms with Crippen molar-refractivity contribution in [1.82, 2.24) is 9.24 Å². The van der Waals surface area contributed by atoms with E-state index in [9.17, 15) is 9.59 Å². The van der Waals surface area contributed by atoms with Gasteiger partial charge in [-0.25, -0.2) is 4.79 Å². The summed E-state index contributed by atoms with van der Waals surface area (Å²) in [4.78, 5) is 27.6. The number of benzene rings is 1. The summed E-state index contributed by atoms with van der Waals surface area (Å²) >= 11 is 0. The van der Waals surface area contributed by atoms with Crippen LogP contribution in [0.5, 0.6) is 5.75 Å². The number of hydrogen-bond donors (Lipinski definition) is 2. The Kier molecular flexibility index (Phi) is 5.26. The number of ether oxygens (including phenoxy) is 2. The molecule has 2 heterocycles. The number of nitrogens with two attached hydrogens (primary N) is 2. The number of fused-ring (bicyclic) bond motifs is 1. The van der Waals surface area contributed by atoms with Crippen LogP contribution >= 0.6 is 0 Å². The van der Waals surface area contributed by atoms with Crippen LogP contribution in [0, 0.1) is 5.92 Å². The highest BCUT2D eigenvalue weighted by molar-refractivity contribution is 5.90. The minimum absolute atomic E-state index is 0.0273. The molecule has 158 valence electrons. The minimum atomic E-state index is -0.509. The predicted molar refractivity (Wildman–Crippen MR) is 112 cm³/mol. The number of rotatable bonds is 7. The van der Waals surface area contributed by atoms with Crippen LogP contribution in [-0.4, -0.2) is 48.7 Å². The molecule has 1 aliphatic carbocycles. The molecule has 0 spiro atoms. The smallest absolute Gasteiger partial charge is 0.350 e. The molecule has 0 radical (unpaired) electrons. The first-order chi connectivity index (χ1) is 14.0. The van der Waals surface area contributed by atoms with Crippen LogP contribution in [0.4, 0.5) is 5.69 Å². The lowest BCUT2D eigenvalue weighted by atomic mass is 10.0. The molecule has 9 nitrogen and oxygen atoms in total. The van der Waals surface area contributed by atoms with E-state index in [1.807, 2.05) is 13.0 Å². The highest BCUT2D eigenvalue weighted by Crippen LogP contribution is 2.42. The first-order valence-corrected chi connectivity index (χ1v) is 10.2. The van der Waals surface area contributed by atoms with Crippen molar-refractivity contribution >= 4 is 16.6 Å². The summed E-state index contributed by atoms with van der Waals surface area (Å²) in [5, 5.41) is 0.392. The maximum atomic E-state index is 12.7. The van der Waals surface area contributed by atoms with Crippen LogP contribution in [0.1, 0.15) is 32.2 Å². The van der Waals surface area contributed by atoms with Crippen LogP contribution in [0.25, 0.3) is 10.9 Å². The Morgan fingerprint density at radius 1 is 1.24 bits per heavy atom. The van der Waals surface area contributed by atoms with E-state index in [-0.39, 0.29) is 12.1 Å². The molecule has 1 saturated carbocycles. The van der Waals surface area contributed by atoms with Gasteiger partial charge in [0, 0.05) is 31.8 Å². The summed E-state index contributed by atoms with van der Waals surface area (Å²) in [6.45, 7) is 4.76. The maximum absolute atomic E-state index is 12.7. The molecule has 4 rings (SSSR count). The van der Waals surface area contributed by atoms with Crippen molar-refractivity contribution in [2.24, 2.45) is 11.7 Å². The average molecular weight is 403 g/mol. The molecule has 0 bridgehead atoms. The van der Waals surface area contributed by atoms with Crippen molar-refractivity contribution in [3.05, 3.63) is 33.0 Å². The molecule has 2 aliphatic rings. The van der Waals surface area contributed by atoms with Gasteiger partial charge < -0.3 is 25.9 Å². The van der Waals surface area contributed by atoms with Gasteiger partial charge in [-0.05, 0) is 44.2 Å².